The number of aromatic nitrogens is 2. The van der Waals surface area contributed by atoms with Crippen LogP contribution in [-0.4, -0.2) is 22.6 Å². The van der Waals surface area contributed by atoms with Crippen molar-refractivity contribution in [3.8, 4) is 0 Å². The molecule has 0 atom stereocenters. The summed E-state index contributed by atoms with van der Waals surface area (Å²) in [6.45, 7) is 2.94. The first kappa shape index (κ1) is 12.1. The number of rotatable bonds is 4. The van der Waals surface area contributed by atoms with E-state index in [0.29, 0.717) is 6.04 Å². The van der Waals surface area contributed by atoms with Crippen LogP contribution in [0.5, 0.6) is 0 Å². The Morgan fingerprint density at radius 3 is 2.53 bits per heavy atom. The molecule has 2 N–H and O–H groups in total. The fourth-order valence-corrected chi connectivity index (χ4v) is 2.33. The van der Waals surface area contributed by atoms with Crippen LogP contribution in [0.25, 0.3) is 0 Å². The van der Waals surface area contributed by atoms with Crippen LogP contribution < -0.4 is 10.6 Å². The van der Waals surface area contributed by atoms with Crippen molar-refractivity contribution in [2.75, 3.05) is 17.2 Å². The topological polar surface area (TPSA) is 49.8 Å². The Morgan fingerprint density at radius 1 is 1.12 bits per heavy atom. The Bertz CT molecular complexity index is 332. The molecule has 1 heterocycles. The molecule has 0 aliphatic heterocycles. The average molecular weight is 234 g/mol. The van der Waals surface area contributed by atoms with Crippen LogP contribution >= 0.6 is 0 Å². The molecular formula is C13H22N4. The minimum Gasteiger partial charge on any atom is -0.369 e. The zero-order chi connectivity index (χ0) is 11.9. The summed E-state index contributed by atoms with van der Waals surface area (Å²) in [6, 6.07) is 0.573. The fourth-order valence-electron chi connectivity index (χ4n) is 2.33. The van der Waals surface area contributed by atoms with Gasteiger partial charge in [0.15, 0.2) is 0 Å². The summed E-state index contributed by atoms with van der Waals surface area (Å²) < 4.78 is 0. The van der Waals surface area contributed by atoms with Crippen LogP contribution in [0.2, 0.25) is 0 Å². The maximum absolute atomic E-state index is 4.50. The minimum absolute atomic E-state index is 0.573. The normalized spacial score (nSPS) is 17.5. The third-order valence-electron chi connectivity index (χ3n) is 3.20. The van der Waals surface area contributed by atoms with E-state index in [1.807, 2.05) is 6.20 Å². The van der Waals surface area contributed by atoms with Gasteiger partial charge in [-0.1, -0.05) is 25.7 Å². The zero-order valence-corrected chi connectivity index (χ0v) is 10.6. The van der Waals surface area contributed by atoms with Crippen LogP contribution in [0.1, 0.15) is 45.4 Å². The minimum atomic E-state index is 0.573. The summed E-state index contributed by atoms with van der Waals surface area (Å²) in [5.41, 5.74) is 0. The Morgan fingerprint density at radius 2 is 1.82 bits per heavy atom. The van der Waals surface area contributed by atoms with Crippen molar-refractivity contribution in [1.29, 1.82) is 0 Å². The number of hydrogen-bond acceptors (Lipinski definition) is 4. The van der Waals surface area contributed by atoms with Gasteiger partial charge in [-0.3, -0.25) is 4.98 Å². The molecule has 1 aliphatic carbocycles. The zero-order valence-electron chi connectivity index (χ0n) is 10.6. The van der Waals surface area contributed by atoms with Crippen LogP contribution in [0, 0.1) is 0 Å². The highest BCUT2D eigenvalue weighted by Gasteiger charge is 2.12. The molecule has 0 unspecified atom stereocenters. The summed E-state index contributed by atoms with van der Waals surface area (Å²) in [6.07, 6.45) is 11.5. The van der Waals surface area contributed by atoms with Gasteiger partial charge in [-0.25, -0.2) is 4.98 Å². The number of hydrogen-bond donors (Lipinski definition) is 2. The molecule has 1 saturated carbocycles. The van der Waals surface area contributed by atoms with Crippen molar-refractivity contribution in [2.45, 2.75) is 51.5 Å². The number of nitrogens with zero attached hydrogens (tertiary/aromatic N) is 2. The Kier molecular flexibility index (Phi) is 4.59. The van der Waals surface area contributed by atoms with Crippen molar-refractivity contribution in [1.82, 2.24) is 9.97 Å². The molecular weight excluding hydrogens is 212 g/mol. The molecule has 94 valence electrons. The van der Waals surface area contributed by atoms with Gasteiger partial charge < -0.3 is 10.6 Å². The lowest BCUT2D eigenvalue weighted by molar-refractivity contribution is 0.617. The molecule has 1 aromatic rings. The summed E-state index contributed by atoms with van der Waals surface area (Å²) in [4.78, 5) is 8.71. The molecule has 0 radical (unpaired) electrons. The first-order chi connectivity index (χ1) is 8.38. The lowest BCUT2D eigenvalue weighted by atomic mass is 10.1. The van der Waals surface area contributed by atoms with E-state index in [0.717, 1.165) is 18.2 Å². The van der Waals surface area contributed by atoms with Crippen molar-refractivity contribution in [2.24, 2.45) is 0 Å². The second kappa shape index (κ2) is 6.42. The van der Waals surface area contributed by atoms with Crippen LogP contribution in [0.15, 0.2) is 12.4 Å². The van der Waals surface area contributed by atoms with E-state index in [4.69, 9.17) is 0 Å². The van der Waals surface area contributed by atoms with Gasteiger partial charge in [-0.2, -0.15) is 0 Å². The van der Waals surface area contributed by atoms with Gasteiger partial charge in [0.05, 0.1) is 12.4 Å². The third kappa shape index (κ3) is 3.88. The molecule has 0 aromatic carbocycles. The highest BCUT2D eigenvalue weighted by Crippen LogP contribution is 2.20. The van der Waals surface area contributed by atoms with Gasteiger partial charge in [0, 0.05) is 12.6 Å². The van der Waals surface area contributed by atoms with Crippen molar-refractivity contribution < 1.29 is 0 Å². The summed E-state index contributed by atoms with van der Waals surface area (Å²) >= 11 is 0. The summed E-state index contributed by atoms with van der Waals surface area (Å²) in [7, 11) is 0. The second-order valence-electron chi connectivity index (χ2n) is 4.65. The van der Waals surface area contributed by atoms with Crippen molar-refractivity contribution >= 4 is 11.6 Å². The van der Waals surface area contributed by atoms with E-state index in [2.05, 4.69) is 27.5 Å². The van der Waals surface area contributed by atoms with Gasteiger partial charge in [0.2, 0.25) is 0 Å². The highest BCUT2D eigenvalue weighted by atomic mass is 15.1. The van der Waals surface area contributed by atoms with Crippen LogP contribution in [0.3, 0.4) is 0 Å². The van der Waals surface area contributed by atoms with E-state index >= 15 is 0 Å². The second-order valence-corrected chi connectivity index (χ2v) is 4.65. The maximum atomic E-state index is 4.50. The lowest BCUT2D eigenvalue weighted by Gasteiger charge is -2.16. The molecule has 1 aromatic heterocycles. The number of anilines is 2. The third-order valence-corrected chi connectivity index (χ3v) is 3.20. The standard InChI is InChI=1S/C13H22N4/c1-2-15-12-9-14-10-13(17-12)16-11-7-5-3-4-6-8-11/h9-11H,2-8H2,1H3,(H2,15,16,17). The predicted octanol–water partition coefficient (Wildman–Crippen LogP) is 3.04. The van der Waals surface area contributed by atoms with E-state index in [-0.39, 0.29) is 0 Å². The smallest absolute Gasteiger partial charge is 0.147 e. The summed E-state index contributed by atoms with van der Waals surface area (Å²) in [5, 5.41) is 6.69. The first-order valence-corrected chi connectivity index (χ1v) is 6.71. The maximum Gasteiger partial charge on any atom is 0.147 e. The molecule has 1 aliphatic rings. The van der Waals surface area contributed by atoms with Gasteiger partial charge in [-0.15, -0.1) is 0 Å². The SMILES string of the molecule is CCNc1cncc(NC2CCCCCC2)n1. The van der Waals surface area contributed by atoms with Gasteiger partial charge in [0.1, 0.15) is 11.6 Å². The number of nitrogens with one attached hydrogen (secondary N) is 2. The Labute approximate surface area is 103 Å². The Balaban J connectivity index is 1.94. The van der Waals surface area contributed by atoms with E-state index in [9.17, 15) is 0 Å². The molecule has 4 heteroatoms. The van der Waals surface area contributed by atoms with E-state index in [1.54, 1.807) is 6.20 Å². The monoisotopic (exact) mass is 234 g/mol. The van der Waals surface area contributed by atoms with Gasteiger partial charge in [-0.05, 0) is 19.8 Å². The first-order valence-electron chi connectivity index (χ1n) is 6.71. The molecule has 2 rings (SSSR count). The molecule has 4 nitrogen and oxygen atoms in total. The largest absolute Gasteiger partial charge is 0.369 e. The van der Waals surface area contributed by atoms with Crippen LogP contribution in [0.4, 0.5) is 11.6 Å². The van der Waals surface area contributed by atoms with Gasteiger partial charge in [0.25, 0.3) is 0 Å². The Hall–Kier alpha value is -1.32. The van der Waals surface area contributed by atoms with E-state index in [1.165, 1.54) is 38.5 Å². The fraction of sp³-hybridized carbons (Fsp3) is 0.692. The highest BCUT2D eigenvalue weighted by molar-refractivity contribution is 5.42. The van der Waals surface area contributed by atoms with Gasteiger partial charge >= 0.3 is 0 Å². The van der Waals surface area contributed by atoms with Crippen molar-refractivity contribution in [3.63, 3.8) is 0 Å². The average Bonchev–Trinajstić information content (AvgIpc) is 2.59. The predicted molar refractivity (Wildman–Crippen MR) is 71.3 cm³/mol. The van der Waals surface area contributed by atoms with E-state index < -0.39 is 0 Å². The molecule has 17 heavy (non-hydrogen) atoms. The molecule has 0 bridgehead atoms. The van der Waals surface area contributed by atoms with Crippen molar-refractivity contribution in [3.05, 3.63) is 12.4 Å². The van der Waals surface area contributed by atoms with Crippen LogP contribution in [-0.2, 0) is 0 Å². The summed E-state index contributed by atoms with van der Waals surface area (Å²) in [5.74, 6) is 1.75. The molecule has 0 saturated heterocycles. The quantitative estimate of drug-likeness (QED) is 0.786. The lowest BCUT2D eigenvalue weighted by Crippen LogP contribution is -2.19. The molecule has 1 fully saturated rings. The molecule has 0 amide bonds. The molecule has 0 spiro atoms.